The Hall–Kier alpha value is -0.200. The van der Waals surface area contributed by atoms with Crippen LogP contribution in [-0.4, -0.2) is 41.0 Å². The van der Waals surface area contributed by atoms with Gasteiger partial charge in [-0.1, -0.05) is 0 Å². The third-order valence-electron chi connectivity index (χ3n) is 1.53. The van der Waals surface area contributed by atoms with Gasteiger partial charge in [-0.2, -0.15) is 8.42 Å². The van der Waals surface area contributed by atoms with E-state index in [1.807, 2.05) is 0 Å². The van der Waals surface area contributed by atoms with Gasteiger partial charge in [-0.25, -0.2) is 0 Å². The highest BCUT2D eigenvalue weighted by Gasteiger charge is 1.99. The minimum Gasteiger partial charge on any atom is -0.317 e. The summed E-state index contributed by atoms with van der Waals surface area (Å²) < 4.78 is 37.2. The lowest BCUT2D eigenvalue weighted by atomic mass is 10.3. The fourth-order valence-corrected chi connectivity index (χ4v) is 1.30. The van der Waals surface area contributed by atoms with Crippen molar-refractivity contribution in [1.82, 2.24) is 5.32 Å². The molecule has 0 unspecified atom stereocenters. The normalized spacial score (nSPS) is 11.9. The molecular weight excluding hydrogens is 209 g/mol. The molecule has 86 valence electrons. The van der Waals surface area contributed by atoms with Gasteiger partial charge in [0.1, 0.15) is 0 Å². The molecule has 6 heteroatoms. The lowest BCUT2D eigenvalue weighted by Crippen LogP contribution is -2.17. The van der Waals surface area contributed by atoms with Crippen molar-refractivity contribution in [3.63, 3.8) is 0 Å². The van der Waals surface area contributed by atoms with Crippen LogP contribution in [0.25, 0.3) is 0 Å². The number of unbranched alkanes of at least 4 members (excludes halogenated alkanes) is 1. The molecule has 0 aliphatic rings. The Labute approximate surface area is 85.0 Å². The molecule has 0 atom stereocenters. The Balaban J connectivity index is 3.07. The first-order valence-corrected chi connectivity index (χ1v) is 6.49. The van der Waals surface area contributed by atoms with Crippen molar-refractivity contribution >= 4 is 10.1 Å². The number of hydrogen-bond donors (Lipinski definition) is 1. The number of alkyl halides is 1. The molecular formula is C8H18FNO3S. The number of halogens is 1. The minimum absolute atomic E-state index is 0.226. The average molecular weight is 227 g/mol. The number of hydrogen-bond acceptors (Lipinski definition) is 4. The minimum atomic E-state index is -3.30. The Morgan fingerprint density at radius 1 is 1.21 bits per heavy atom. The van der Waals surface area contributed by atoms with Crippen LogP contribution in [0.2, 0.25) is 0 Å². The molecule has 4 nitrogen and oxygen atoms in total. The fourth-order valence-electron chi connectivity index (χ4n) is 0.879. The number of nitrogens with one attached hydrogen (secondary N) is 1. The molecule has 0 aliphatic heterocycles. The van der Waals surface area contributed by atoms with Crippen LogP contribution >= 0.6 is 0 Å². The van der Waals surface area contributed by atoms with E-state index in [-0.39, 0.29) is 13.3 Å². The molecule has 0 amide bonds. The van der Waals surface area contributed by atoms with Crippen LogP contribution in [0.3, 0.4) is 0 Å². The third kappa shape index (κ3) is 11.8. The van der Waals surface area contributed by atoms with E-state index in [2.05, 4.69) is 9.50 Å². The lowest BCUT2D eigenvalue weighted by Gasteiger charge is -2.03. The first kappa shape index (κ1) is 13.8. The zero-order valence-corrected chi connectivity index (χ0v) is 9.28. The van der Waals surface area contributed by atoms with Gasteiger partial charge in [0.15, 0.2) is 0 Å². The molecule has 0 radical (unpaired) electrons. The molecule has 0 aromatic heterocycles. The molecule has 0 aromatic carbocycles. The van der Waals surface area contributed by atoms with Crippen molar-refractivity contribution in [3.05, 3.63) is 0 Å². The summed E-state index contributed by atoms with van der Waals surface area (Å²) in [5.41, 5.74) is 0. The van der Waals surface area contributed by atoms with Gasteiger partial charge in [-0.15, -0.1) is 0 Å². The predicted octanol–water partition coefficient (Wildman–Crippen LogP) is 0.692. The van der Waals surface area contributed by atoms with Gasteiger partial charge in [-0.3, -0.25) is 8.57 Å². The third-order valence-corrected chi connectivity index (χ3v) is 2.13. The molecule has 0 saturated heterocycles. The maximum absolute atomic E-state index is 11.6. The zero-order valence-electron chi connectivity index (χ0n) is 8.46. The second-order valence-corrected chi connectivity index (χ2v) is 4.67. The van der Waals surface area contributed by atoms with Crippen molar-refractivity contribution < 1.29 is 17.0 Å². The smallest absolute Gasteiger partial charge is 0.264 e. The van der Waals surface area contributed by atoms with Crippen molar-refractivity contribution in [3.8, 4) is 0 Å². The van der Waals surface area contributed by atoms with Crippen LogP contribution < -0.4 is 5.32 Å². The quantitative estimate of drug-likeness (QED) is 0.465. The Kier molecular flexibility index (Phi) is 8.02. The van der Waals surface area contributed by atoms with Gasteiger partial charge < -0.3 is 5.32 Å². The first-order valence-electron chi connectivity index (χ1n) is 4.67. The van der Waals surface area contributed by atoms with E-state index in [4.69, 9.17) is 0 Å². The summed E-state index contributed by atoms with van der Waals surface area (Å²) in [6.45, 7) is 1.37. The van der Waals surface area contributed by atoms with Crippen LogP contribution in [0, 0.1) is 0 Å². The van der Waals surface area contributed by atoms with E-state index in [1.54, 1.807) is 0 Å². The van der Waals surface area contributed by atoms with Crippen molar-refractivity contribution in [2.24, 2.45) is 0 Å². The second kappa shape index (κ2) is 8.14. The van der Waals surface area contributed by atoms with E-state index in [1.165, 1.54) is 0 Å². The summed E-state index contributed by atoms with van der Waals surface area (Å²) in [4.78, 5) is 0. The maximum atomic E-state index is 11.6. The molecule has 0 bridgehead atoms. The molecule has 0 spiro atoms. The highest BCUT2D eigenvalue weighted by Crippen LogP contribution is 1.93. The van der Waals surface area contributed by atoms with Crippen molar-refractivity contribution in [2.45, 2.75) is 19.3 Å². The van der Waals surface area contributed by atoms with Gasteiger partial charge >= 0.3 is 0 Å². The van der Waals surface area contributed by atoms with Gasteiger partial charge in [0, 0.05) is 0 Å². The fraction of sp³-hybridized carbons (Fsp3) is 1.00. The standard InChI is InChI=1S/C8H18FNO3S/c1-14(11,12)13-8-3-2-6-10-7-4-5-9/h10H,2-8H2,1H3. The maximum Gasteiger partial charge on any atom is 0.264 e. The topological polar surface area (TPSA) is 55.4 Å². The summed E-state index contributed by atoms with van der Waals surface area (Å²) >= 11 is 0. The summed E-state index contributed by atoms with van der Waals surface area (Å²) in [7, 11) is -3.30. The van der Waals surface area contributed by atoms with E-state index >= 15 is 0 Å². The van der Waals surface area contributed by atoms with E-state index in [0.29, 0.717) is 19.4 Å². The molecule has 0 rings (SSSR count). The molecule has 0 saturated carbocycles. The van der Waals surface area contributed by atoms with Gasteiger partial charge in [0.05, 0.1) is 19.5 Å². The predicted molar refractivity (Wildman–Crippen MR) is 53.5 cm³/mol. The van der Waals surface area contributed by atoms with Crippen LogP contribution in [-0.2, 0) is 14.3 Å². The molecule has 14 heavy (non-hydrogen) atoms. The van der Waals surface area contributed by atoms with Crippen LogP contribution in [0.5, 0.6) is 0 Å². The van der Waals surface area contributed by atoms with E-state index in [9.17, 15) is 12.8 Å². The largest absolute Gasteiger partial charge is 0.317 e. The Bertz CT molecular complexity index is 219. The Morgan fingerprint density at radius 2 is 1.86 bits per heavy atom. The van der Waals surface area contributed by atoms with Crippen LogP contribution in [0.4, 0.5) is 4.39 Å². The molecule has 0 aromatic rings. The van der Waals surface area contributed by atoms with Crippen molar-refractivity contribution in [2.75, 3.05) is 32.6 Å². The van der Waals surface area contributed by atoms with Crippen molar-refractivity contribution in [1.29, 1.82) is 0 Å². The van der Waals surface area contributed by atoms with Gasteiger partial charge in [0.2, 0.25) is 0 Å². The monoisotopic (exact) mass is 227 g/mol. The van der Waals surface area contributed by atoms with E-state index in [0.717, 1.165) is 19.2 Å². The SMILES string of the molecule is CS(=O)(=O)OCCCCNCCCF. The summed E-state index contributed by atoms with van der Waals surface area (Å²) in [6.07, 6.45) is 3.09. The molecule has 1 N–H and O–H groups in total. The van der Waals surface area contributed by atoms with Crippen LogP contribution in [0.1, 0.15) is 19.3 Å². The average Bonchev–Trinajstić information content (AvgIpc) is 2.08. The number of rotatable bonds is 9. The van der Waals surface area contributed by atoms with Gasteiger partial charge in [-0.05, 0) is 32.4 Å². The Morgan fingerprint density at radius 3 is 2.43 bits per heavy atom. The lowest BCUT2D eigenvalue weighted by molar-refractivity contribution is 0.310. The summed E-state index contributed by atoms with van der Waals surface area (Å²) in [5.74, 6) is 0. The van der Waals surface area contributed by atoms with Crippen LogP contribution in [0.15, 0.2) is 0 Å². The molecule has 0 heterocycles. The highest BCUT2D eigenvalue weighted by molar-refractivity contribution is 7.85. The highest BCUT2D eigenvalue weighted by atomic mass is 32.2. The second-order valence-electron chi connectivity index (χ2n) is 3.03. The molecule has 0 fully saturated rings. The summed E-state index contributed by atoms with van der Waals surface area (Å²) in [5, 5.41) is 3.04. The summed E-state index contributed by atoms with van der Waals surface area (Å²) in [6, 6.07) is 0. The molecule has 0 aliphatic carbocycles. The first-order chi connectivity index (χ1) is 6.56. The van der Waals surface area contributed by atoms with E-state index < -0.39 is 10.1 Å². The van der Waals surface area contributed by atoms with Gasteiger partial charge in [0.25, 0.3) is 10.1 Å². The zero-order chi connectivity index (χ0) is 10.9.